The van der Waals surface area contributed by atoms with Crippen molar-refractivity contribution >= 4 is 16.6 Å². The van der Waals surface area contributed by atoms with Crippen molar-refractivity contribution in [3.8, 4) is 12.3 Å². The van der Waals surface area contributed by atoms with Gasteiger partial charge in [-0.1, -0.05) is 18.2 Å². The fourth-order valence-electron chi connectivity index (χ4n) is 1.52. The maximum atomic E-state index is 5.20. The Labute approximate surface area is 89.3 Å². The fraction of sp³-hybridized carbons (Fsp3) is 0.154. The first kappa shape index (κ1) is 9.54. The molecule has 0 aliphatic heterocycles. The summed E-state index contributed by atoms with van der Waals surface area (Å²) in [7, 11) is 0. The average molecular weight is 196 g/mol. The van der Waals surface area contributed by atoms with E-state index in [9.17, 15) is 0 Å². The zero-order chi connectivity index (χ0) is 10.5. The third kappa shape index (κ3) is 2.08. The summed E-state index contributed by atoms with van der Waals surface area (Å²) in [5, 5.41) is 4.44. The van der Waals surface area contributed by atoms with E-state index in [0.29, 0.717) is 0 Å². The number of hydrogen-bond donors (Lipinski definition) is 1. The Kier molecular flexibility index (Phi) is 2.85. The van der Waals surface area contributed by atoms with Crippen molar-refractivity contribution in [1.82, 2.24) is 4.98 Å². The van der Waals surface area contributed by atoms with Gasteiger partial charge < -0.3 is 5.32 Å². The predicted octanol–water partition coefficient (Wildman–Crippen LogP) is 2.67. The first-order valence-electron chi connectivity index (χ1n) is 4.93. The Bertz CT molecular complexity index is 492. The van der Waals surface area contributed by atoms with Crippen LogP contribution in [0.25, 0.3) is 10.9 Å². The molecule has 0 bridgehead atoms. The van der Waals surface area contributed by atoms with Crippen molar-refractivity contribution in [2.24, 2.45) is 0 Å². The van der Waals surface area contributed by atoms with Crippen LogP contribution >= 0.6 is 0 Å². The van der Waals surface area contributed by atoms with Crippen LogP contribution in [-0.4, -0.2) is 11.5 Å². The highest BCUT2D eigenvalue weighted by molar-refractivity contribution is 5.90. The fourth-order valence-corrected chi connectivity index (χ4v) is 1.52. The number of fused-ring (bicyclic) bond motifs is 1. The van der Waals surface area contributed by atoms with E-state index >= 15 is 0 Å². The molecular formula is C13H12N2. The number of anilines is 1. The van der Waals surface area contributed by atoms with E-state index in [-0.39, 0.29) is 0 Å². The van der Waals surface area contributed by atoms with Gasteiger partial charge in [0, 0.05) is 30.2 Å². The minimum absolute atomic E-state index is 0.733. The smallest absolute Gasteiger partial charge is 0.0722 e. The standard InChI is InChI=1S/C13H12N2/c1-2-3-9-14-13-8-10-15-12-7-5-4-6-11(12)13/h1,4-8,10H,3,9H2,(H,14,15). The Hall–Kier alpha value is -2.01. The van der Waals surface area contributed by atoms with E-state index in [1.54, 1.807) is 6.20 Å². The summed E-state index contributed by atoms with van der Waals surface area (Å²) in [6.07, 6.45) is 7.74. The van der Waals surface area contributed by atoms with E-state index in [2.05, 4.69) is 22.3 Å². The molecule has 0 atom stereocenters. The molecule has 0 saturated heterocycles. The van der Waals surface area contributed by atoms with Gasteiger partial charge in [-0.15, -0.1) is 12.3 Å². The zero-order valence-electron chi connectivity index (χ0n) is 8.40. The van der Waals surface area contributed by atoms with Crippen LogP contribution < -0.4 is 5.32 Å². The lowest BCUT2D eigenvalue weighted by Gasteiger charge is -2.07. The molecule has 0 saturated carbocycles. The second-order valence-corrected chi connectivity index (χ2v) is 3.26. The number of nitrogens with zero attached hydrogens (tertiary/aromatic N) is 1. The van der Waals surface area contributed by atoms with Gasteiger partial charge >= 0.3 is 0 Å². The second kappa shape index (κ2) is 4.47. The highest BCUT2D eigenvalue weighted by Crippen LogP contribution is 2.20. The zero-order valence-corrected chi connectivity index (χ0v) is 8.40. The van der Waals surface area contributed by atoms with Crippen molar-refractivity contribution < 1.29 is 0 Å². The molecule has 1 aromatic heterocycles. The normalized spacial score (nSPS) is 9.80. The lowest BCUT2D eigenvalue weighted by atomic mass is 10.2. The van der Waals surface area contributed by atoms with Gasteiger partial charge in [0.2, 0.25) is 0 Å². The van der Waals surface area contributed by atoms with Crippen molar-refractivity contribution in [2.45, 2.75) is 6.42 Å². The predicted molar refractivity (Wildman–Crippen MR) is 63.7 cm³/mol. The Morgan fingerprint density at radius 1 is 1.27 bits per heavy atom. The molecule has 0 aliphatic rings. The van der Waals surface area contributed by atoms with E-state index in [4.69, 9.17) is 6.42 Å². The van der Waals surface area contributed by atoms with Gasteiger partial charge in [0.15, 0.2) is 0 Å². The summed E-state index contributed by atoms with van der Waals surface area (Å²) in [5.74, 6) is 2.61. The molecule has 0 fully saturated rings. The van der Waals surface area contributed by atoms with Gasteiger partial charge in [0.1, 0.15) is 0 Å². The number of para-hydroxylation sites is 1. The summed E-state index contributed by atoms with van der Waals surface area (Å²) >= 11 is 0. The van der Waals surface area contributed by atoms with Crippen LogP contribution in [0.1, 0.15) is 6.42 Å². The number of nitrogens with one attached hydrogen (secondary N) is 1. The summed E-state index contributed by atoms with van der Waals surface area (Å²) < 4.78 is 0. The molecule has 2 aromatic rings. The molecule has 0 unspecified atom stereocenters. The first-order valence-corrected chi connectivity index (χ1v) is 4.93. The molecule has 15 heavy (non-hydrogen) atoms. The summed E-state index contributed by atoms with van der Waals surface area (Å²) in [5.41, 5.74) is 2.10. The van der Waals surface area contributed by atoms with E-state index < -0.39 is 0 Å². The average Bonchev–Trinajstić information content (AvgIpc) is 2.30. The molecule has 2 nitrogen and oxygen atoms in total. The quantitative estimate of drug-likeness (QED) is 0.603. The molecule has 1 heterocycles. The minimum Gasteiger partial charge on any atom is -0.383 e. The monoisotopic (exact) mass is 196 g/mol. The van der Waals surface area contributed by atoms with Gasteiger partial charge in [-0.3, -0.25) is 4.98 Å². The van der Waals surface area contributed by atoms with Crippen molar-refractivity contribution in [3.63, 3.8) is 0 Å². The van der Waals surface area contributed by atoms with Gasteiger partial charge in [0.25, 0.3) is 0 Å². The van der Waals surface area contributed by atoms with E-state index in [1.807, 2.05) is 24.3 Å². The summed E-state index contributed by atoms with van der Waals surface area (Å²) in [6, 6.07) is 10.0. The van der Waals surface area contributed by atoms with Crippen molar-refractivity contribution in [2.75, 3.05) is 11.9 Å². The minimum atomic E-state index is 0.733. The van der Waals surface area contributed by atoms with Crippen LogP contribution in [0.2, 0.25) is 0 Å². The van der Waals surface area contributed by atoms with Gasteiger partial charge in [-0.2, -0.15) is 0 Å². The van der Waals surface area contributed by atoms with Gasteiger partial charge in [-0.25, -0.2) is 0 Å². The van der Waals surface area contributed by atoms with E-state index in [0.717, 1.165) is 29.6 Å². The largest absolute Gasteiger partial charge is 0.383 e. The number of aromatic nitrogens is 1. The molecule has 0 amide bonds. The number of hydrogen-bond acceptors (Lipinski definition) is 2. The molecular weight excluding hydrogens is 184 g/mol. The number of terminal acetylenes is 1. The van der Waals surface area contributed by atoms with Crippen molar-refractivity contribution in [1.29, 1.82) is 0 Å². The first-order chi connectivity index (χ1) is 7.42. The Balaban J connectivity index is 2.31. The van der Waals surface area contributed by atoms with Crippen LogP contribution in [-0.2, 0) is 0 Å². The molecule has 74 valence electrons. The highest BCUT2D eigenvalue weighted by Gasteiger charge is 1.98. The molecule has 2 heteroatoms. The van der Waals surface area contributed by atoms with E-state index in [1.165, 1.54) is 0 Å². The second-order valence-electron chi connectivity index (χ2n) is 3.26. The van der Waals surface area contributed by atoms with Crippen LogP contribution in [0, 0.1) is 12.3 Å². The van der Waals surface area contributed by atoms with Crippen LogP contribution in [0.15, 0.2) is 36.5 Å². The van der Waals surface area contributed by atoms with Crippen molar-refractivity contribution in [3.05, 3.63) is 36.5 Å². The SMILES string of the molecule is C#CCCNc1ccnc2ccccc12. The Morgan fingerprint density at radius 3 is 3.00 bits per heavy atom. The number of rotatable bonds is 3. The van der Waals surface area contributed by atoms with Gasteiger partial charge in [-0.05, 0) is 12.1 Å². The number of benzene rings is 1. The Morgan fingerprint density at radius 2 is 2.13 bits per heavy atom. The lowest BCUT2D eigenvalue weighted by Crippen LogP contribution is -2.00. The molecule has 0 aliphatic carbocycles. The maximum Gasteiger partial charge on any atom is 0.0722 e. The summed E-state index contributed by atoms with van der Waals surface area (Å²) in [4.78, 5) is 4.29. The number of pyridine rings is 1. The molecule has 0 radical (unpaired) electrons. The third-order valence-corrected chi connectivity index (χ3v) is 2.23. The highest BCUT2D eigenvalue weighted by atomic mass is 14.9. The molecule has 1 N–H and O–H groups in total. The van der Waals surface area contributed by atoms with Crippen LogP contribution in [0.5, 0.6) is 0 Å². The van der Waals surface area contributed by atoms with Crippen LogP contribution in [0.4, 0.5) is 5.69 Å². The third-order valence-electron chi connectivity index (χ3n) is 2.23. The molecule has 0 spiro atoms. The lowest BCUT2D eigenvalue weighted by molar-refractivity contribution is 1.10. The van der Waals surface area contributed by atoms with Gasteiger partial charge in [0.05, 0.1) is 5.52 Å². The molecule has 2 rings (SSSR count). The topological polar surface area (TPSA) is 24.9 Å². The summed E-state index contributed by atoms with van der Waals surface area (Å²) in [6.45, 7) is 0.796. The maximum absolute atomic E-state index is 5.20. The molecule has 1 aromatic carbocycles. The van der Waals surface area contributed by atoms with Crippen LogP contribution in [0.3, 0.4) is 0 Å².